The zero-order chi connectivity index (χ0) is 13.9. The van der Waals surface area contributed by atoms with Crippen LogP contribution in [-0.2, 0) is 9.84 Å². The second kappa shape index (κ2) is 5.82. The summed E-state index contributed by atoms with van der Waals surface area (Å²) in [5.74, 6) is -0.759. The highest BCUT2D eigenvalue weighted by atomic mass is 32.2. The van der Waals surface area contributed by atoms with E-state index in [1.807, 2.05) is 0 Å². The average molecular weight is 284 g/mol. The second-order valence-corrected chi connectivity index (χ2v) is 7.35. The Morgan fingerprint density at radius 3 is 2.32 bits per heavy atom. The Labute approximate surface area is 112 Å². The van der Waals surface area contributed by atoms with Gasteiger partial charge in [0.2, 0.25) is 0 Å². The Morgan fingerprint density at radius 2 is 1.74 bits per heavy atom. The van der Waals surface area contributed by atoms with Gasteiger partial charge in [-0.05, 0) is 37.1 Å². The maximum atomic E-state index is 12.7. The summed E-state index contributed by atoms with van der Waals surface area (Å²) >= 11 is 0. The monoisotopic (exact) mass is 284 g/mol. The Balaban J connectivity index is 1.94. The maximum Gasteiger partial charge on any atom is 0.163 e. The molecule has 0 unspecified atom stereocenters. The van der Waals surface area contributed by atoms with Crippen molar-refractivity contribution in [1.82, 2.24) is 0 Å². The molecular weight excluding hydrogens is 267 g/mol. The highest BCUT2D eigenvalue weighted by Gasteiger charge is 2.28. The van der Waals surface area contributed by atoms with E-state index in [1.54, 1.807) is 0 Å². The van der Waals surface area contributed by atoms with Crippen molar-refractivity contribution in [3.63, 3.8) is 0 Å². The van der Waals surface area contributed by atoms with Crippen LogP contribution in [0.25, 0.3) is 0 Å². The van der Waals surface area contributed by atoms with Gasteiger partial charge in [0.25, 0.3) is 0 Å². The fourth-order valence-electron chi connectivity index (χ4n) is 2.43. The Bertz CT molecular complexity index is 543. The standard InChI is InChI=1S/C14H17FO3S/c15-12-7-5-11(6-8-12)14(16)9-10-19(17,18)13-3-1-2-4-13/h5-8,13H,1-4,9-10H2. The van der Waals surface area contributed by atoms with Crippen molar-refractivity contribution in [2.75, 3.05) is 5.75 Å². The fraction of sp³-hybridized carbons (Fsp3) is 0.500. The summed E-state index contributed by atoms with van der Waals surface area (Å²) in [5, 5.41) is -0.270. The molecule has 104 valence electrons. The molecule has 0 aliphatic heterocycles. The van der Waals surface area contributed by atoms with Crippen LogP contribution in [0, 0.1) is 5.82 Å². The molecule has 1 aromatic carbocycles. The highest BCUT2D eigenvalue weighted by Crippen LogP contribution is 2.25. The topological polar surface area (TPSA) is 51.2 Å². The smallest absolute Gasteiger partial charge is 0.163 e. The largest absolute Gasteiger partial charge is 0.294 e. The number of benzene rings is 1. The van der Waals surface area contributed by atoms with Crippen LogP contribution in [-0.4, -0.2) is 25.2 Å². The number of carbonyl (C=O) groups excluding carboxylic acids is 1. The molecule has 1 aliphatic carbocycles. The predicted octanol–water partition coefficient (Wildman–Crippen LogP) is 2.76. The van der Waals surface area contributed by atoms with E-state index >= 15 is 0 Å². The summed E-state index contributed by atoms with van der Waals surface area (Å²) in [5.41, 5.74) is 0.364. The number of hydrogen-bond donors (Lipinski definition) is 0. The van der Waals surface area contributed by atoms with E-state index in [2.05, 4.69) is 0 Å². The molecule has 0 radical (unpaired) electrons. The van der Waals surface area contributed by atoms with Crippen LogP contribution < -0.4 is 0 Å². The molecule has 3 nitrogen and oxygen atoms in total. The van der Waals surface area contributed by atoms with Crippen LogP contribution in [0.2, 0.25) is 0 Å². The summed E-state index contributed by atoms with van der Waals surface area (Å²) in [6, 6.07) is 5.19. The summed E-state index contributed by atoms with van der Waals surface area (Å²) < 4.78 is 36.7. The van der Waals surface area contributed by atoms with Crippen molar-refractivity contribution in [1.29, 1.82) is 0 Å². The normalized spacial score (nSPS) is 16.7. The first-order valence-corrected chi connectivity index (χ1v) is 8.21. The molecule has 1 aromatic rings. The lowest BCUT2D eigenvalue weighted by Crippen LogP contribution is -2.22. The first kappa shape index (κ1) is 14.2. The van der Waals surface area contributed by atoms with Gasteiger partial charge < -0.3 is 0 Å². The molecule has 5 heteroatoms. The minimum absolute atomic E-state index is 0.0233. The highest BCUT2D eigenvalue weighted by molar-refractivity contribution is 7.92. The van der Waals surface area contributed by atoms with E-state index in [0.29, 0.717) is 18.4 Å². The average Bonchev–Trinajstić information content (AvgIpc) is 2.91. The molecule has 1 fully saturated rings. The molecule has 1 aliphatic rings. The molecule has 0 spiro atoms. The van der Waals surface area contributed by atoms with E-state index in [1.165, 1.54) is 24.3 Å². The Kier molecular flexibility index (Phi) is 4.34. The van der Waals surface area contributed by atoms with Crippen molar-refractivity contribution in [2.45, 2.75) is 37.4 Å². The van der Waals surface area contributed by atoms with Crippen molar-refractivity contribution in [2.24, 2.45) is 0 Å². The zero-order valence-corrected chi connectivity index (χ0v) is 11.5. The van der Waals surface area contributed by atoms with Crippen molar-refractivity contribution >= 4 is 15.6 Å². The molecule has 0 saturated heterocycles. The van der Waals surface area contributed by atoms with Crippen LogP contribution in [0.3, 0.4) is 0 Å². The minimum Gasteiger partial charge on any atom is -0.294 e. The quantitative estimate of drug-likeness (QED) is 0.781. The molecule has 0 atom stereocenters. The molecule has 1 saturated carbocycles. The number of rotatable bonds is 5. The van der Waals surface area contributed by atoms with E-state index in [-0.39, 0.29) is 23.2 Å². The molecule has 0 aromatic heterocycles. The van der Waals surface area contributed by atoms with Crippen molar-refractivity contribution in [3.8, 4) is 0 Å². The molecule has 0 heterocycles. The van der Waals surface area contributed by atoms with Gasteiger partial charge in [0.05, 0.1) is 11.0 Å². The van der Waals surface area contributed by atoms with Crippen LogP contribution in [0.5, 0.6) is 0 Å². The Hall–Kier alpha value is -1.23. The van der Waals surface area contributed by atoms with Crippen LogP contribution in [0.15, 0.2) is 24.3 Å². The lowest BCUT2D eigenvalue weighted by atomic mass is 10.1. The van der Waals surface area contributed by atoms with Gasteiger partial charge in [-0.1, -0.05) is 12.8 Å². The fourth-order valence-corrected chi connectivity index (χ4v) is 4.28. The first-order valence-electron chi connectivity index (χ1n) is 6.49. The second-order valence-electron chi connectivity index (χ2n) is 4.95. The number of sulfone groups is 1. The van der Waals surface area contributed by atoms with E-state index in [9.17, 15) is 17.6 Å². The van der Waals surface area contributed by atoms with Crippen LogP contribution >= 0.6 is 0 Å². The predicted molar refractivity (Wildman–Crippen MR) is 71.4 cm³/mol. The van der Waals surface area contributed by atoms with Crippen molar-refractivity contribution in [3.05, 3.63) is 35.6 Å². The summed E-state index contributed by atoms with van der Waals surface area (Å²) in [4.78, 5) is 11.8. The third kappa shape index (κ3) is 3.62. The molecule has 19 heavy (non-hydrogen) atoms. The van der Waals surface area contributed by atoms with E-state index < -0.39 is 15.7 Å². The molecule has 0 N–H and O–H groups in total. The third-order valence-corrected chi connectivity index (χ3v) is 5.85. The molecule has 2 rings (SSSR count). The number of ketones is 1. The lowest BCUT2D eigenvalue weighted by molar-refractivity contribution is 0.0988. The van der Waals surface area contributed by atoms with Crippen molar-refractivity contribution < 1.29 is 17.6 Å². The minimum atomic E-state index is -3.17. The number of halogens is 1. The van der Waals surface area contributed by atoms with Gasteiger partial charge in [0.15, 0.2) is 15.6 Å². The van der Waals surface area contributed by atoms with Gasteiger partial charge in [0, 0.05) is 12.0 Å². The van der Waals surface area contributed by atoms with Gasteiger partial charge in [-0.2, -0.15) is 0 Å². The van der Waals surface area contributed by atoms with Crippen LogP contribution in [0.4, 0.5) is 4.39 Å². The van der Waals surface area contributed by atoms with Gasteiger partial charge in [-0.3, -0.25) is 4.79 Å². The van der Waals surface area contributed by atoms with Gasteiger partial charge in [-0.15, -0.1) is 0 Å². The van der Waals surface area contributed by atoms with E-state index in [0.717, 1.165) is 12.8 Å². The van der Waals surface area contributed by atoms with Gasteiger partial charge in [-0.25, -0.2) is 12.8 Å². The first-order chi connectivity index (χ1) is 8.99. The van der Waals surface area contributed by atoms with E-state index in [4.69, 9.17) is 0 Å². The summed E-state index contributed by atoms with van der Waals surface area (Å²) in [6.07, 6.45) is 3.32. The molecule has 0 amide bonds. The van der Waals surface area contributed by atoms with Crippen LogP contribution in [0.1, 0.15) is 42.5 Å². The SMILES string of the molecule is O=C(CCS(=O)(=O)C1CCCC1)c1ccc(F)cc1. The lowest BCUT2D eigenvalue weighted by Gasteiger charge is -2.10. The molecular formula is C14H17FO3S. The summed E-state index contributed by atoms with van der Waals surface area (Å²) in [6.45, 7) is 0. The zero-order valence-electron chi connectivity index (χ0n) is 10.6. The number of Topliss-reactive ketones (excluding diaryl/α,β-unsaturated/α-hetero) is 1. The third-order valence-electron chi connectivity index (χ3n) is 3.59. The van der Waals surface area contributed by atoms with Gasteiger partial charge >= 0.3 is 0 Å². The molecule has 0 bridgehead atoms. The Morgan fingerprint density at radius 1 is 1.16 bits per heavy atom. The van der Waals surface area contributed by atoms with Gasteiger partial charge in [0.1, 0.15) is 5.82 Å². The number of carbonyl (C=O) groups is 1. The maximum absolute atomic E-state index is 12.7. The number of hydrogen-bond acceptors (Lipinski definition) is 3. The summed E-state index contributed by atoms with van der Waals surface area (Å²) in [7, 11) is -3.17.